The Kier molecular flexibility index (Phi) is 22.5. The van der Waals surface area contributed by atoms with Gasteiger partial charge in [-0.15, -0.1) is 0 Å². The normalized spacial score (nSPS) is 56.9. The van der Waals surface area contributed by atoms with Crippen LogP contribution in [0.5, 0.6) is 0 Å². The first-order valence-corrected chi connectivity index (χ1v) is 34.2. The highest BCUT2D eigenvalue weighted by molar-refractivity contribution is 5.87. The van der Waals surface area contributed by atoms with Crippen molar-refractivity contribution in [2.24, 2.45) is 52.3 Å². The van der Waals surface area contributed by atoms with Crippen LogP contribution in [0.25, 0.3) is 0 Å². The van der Waals surface area contributed by atoms with Crippen molar-refractivity contribution in [1.29, 1.82) is 0 Å². The van der Waals surface area contributed by atoms with Gasteiger partial charge in [0.15, 0.2) is 43.5 Å². The van der Waals surface area contributed by atoms with Crippen molar-refractivity contribution < 1.29 is 163 Å². The molecule has 12 aliphatic rings. The number of hydrogen-bond acceptors (Lipinski definition) is 33. The van der Waals surface area contributed by atoms with Crippen LogP contribution in [0.2, 0.25) is 0 Å². The maximum atomic E-state index is 14.9. The number of carbonyl (C=O) groups is 1. The largest absolute Gasteiger partial charge is 0.394 e. The van der Waals surface area contributed by atoms with Crippen molar-refractivity contribution in [2.45, 2.75) is 295 Å². The molecule has 33 heteroatoms. The summed E-state index contributed by atoms with van der Waals surface area (Å²) in [5, 5.41) is 199. The second kappa shape index (κ2) is 29.1. The SMILES string of the molecule is C[C@@H]1CC[C@@]2(OC1)O[C@H]1C[C@H]3[C@@H]4CC[C@H]5C[C@@H](O[C@@H]6O[C@H](CO)[C@H](O[C@@H]7O[C@H](CO)[C@@H](O)[C@H](O[C@@H]8O[C@H](CO)[C@@H](O[C@@H]9O[C@@H](C)[C@H](O)[C@@H](O)[C@H]9O)[C@H](O)[C@H]8O)[C@H]7O[C@@H]7O[C@H](CO)[C@@H](O)[C@H](O[C@@H]8O[C@H](CO)[C@@H](O)[C@H](O)[C@H]8O)[C@H]7O)[C@H](O)[C@H]6O)CC[C@]5(C)[C@H]4CC(=O)[C@]3(C)[C@H]1[C@H]2C. The molecule has 1 spiro atoms. The van der Waals surface area contributed by atoms with E-state index in [0.29, 0.717) is 44.1 Å². The van der Waals surface area contributed by atoms with Crippen LogP contribution >= 0.6 is 0 Å². The Morgan fingerprint density at radius 2 is 0.917 bits per heavy atom. The number of rotatable bonds is 17. The van der Waals surface area contributed by atoms with Crippen LogP contribution in [-0.2, 0) is 71.1 Å². The third kappa shape index (κ3) is 12.9. The van der Waals surface area contributed by atoms with E-state index in [4.69, 9.17) is 66.3 Å². The van der Waals surface area contributed by atoms with E-state index >= 15 is 0 Å². The van der Waals surface area contributed by atoms with E-state index in [1.807, 2.05) is 0 Å². The molecule has 0 radical (unpaired) electrons. The van der Waals surface area contributed by atoms with Crippen LogP contribution < -0.4 is 0 Å². The number of Topliss-reactive ketones (excluding diaryl/α,β-unsaturated/α-hetero) is 1. The predicted octanol–water partition coefficient (Wildman–Crippen LogP) is -7.05. The summed E-state index contributed by atoms with van der Waals surface area (Å²) in [7, 11) is 0. The molecule has 96 heavy (non-hydrogen) atoms. The molecule has 552 valence electrons. The molecule has 4 saturated carbocycles. The Balaban J connectivity index is 0.766. The minimum Gasteiger partial charge on any atom is -0.394 e. The summed E-state index contributed by atoms with van der Waals surface area (Å²) in [5.74, 6) is 0.886. The monoisotopic (exact) mass is 1390 g/mol. The Morgan fingerprint density at radius 3 is 1.50 bits per heavy atom. The fourth-order valence-corrected chi connectivity index (χ4v) is 18.7. The zero-order chi connectivity index (χ0) is 69.1. The molecule has 4 aliphatic carbocycles. The maximum absolute atomic E-state index is 14.9. The van der Waals surface area contributed by atoms with Crippen LogP contribution in [0.3, 0.4) is 0 Å². The second-order valence-corrected chi connectivity index (χ2v) is 29.8. The molecule has 12 fully saturated rings. The summed E-state index contributed by atoms with van der Waals surface area (Å²) >= 11 is 0. The van der Waals surface area contributed by atoms with Gasteiger partial charge >= 0.3 is 0 Å². The summed E-state index contributed by atoms with van der Waals surface area (Å²) in [6, 6.07) is 0. The molecular formula is C63H102O33. The molecule has 8 heterocycles. The summed E-state index contributed by atoms with van der Waals surface area (Å²) in [5.41, 5.74) is -0.770. The van der Waals surface area contributed by atoms with Crippen molar-refractivity contribution in [3.8, 4) is 0 Å². The third-order valence-electron chi connectivity index (χ3n) is 24.5. The number of ketones is 1. The molecule has 0 aromatic rings. The minimum atomic E-state index is -2.29. The molecule has 12 rings (SSSR count). The first-order chi connectivity index (χ1) is 45.6. The fraction of sp³-hybridized carbons (Fsp3) is 0.984. The summed E-state index contributed by atoms with van der Waals surface area (Å²) < 4.78 is 85.4. The predicted molar refractivity (Wildman–Crippen MR) is 313 cm³/mol. The second-order valence-electron chi connectivity index (χ2n) is 29.8. The van der Waals surface area contributed by atoms with Gasteiger partial charge in [-0.05, 0) is 86.9 Å². The van der Waals surface area contributed by atoms with E-state index in [9.17, 15) is 96.7 Å². The van der Waals surface area contributed by atoms with Gasteiger partial charge in [0, 0.05) is 30.1 Å². The number of ether oxygens (including phenoxy) is 14. The van der Waals surface area contributed by atoms with E-state index in [-0.39, 0.29) is 46.9 Å². The van der Waals surface area contributed by atoms with Crippen LogP contribution in [0.4, 0.5) is 0 Å². The zero-order valence-corrected chi connectivity index (χ0v) is 54.3. The van der Waals surface area contributed by atoms with Gasteiger partial charge in [-0.3, -0.25) is 4.79 Å². The third-order valence-corrected chi connectivity index (χ3v) is 24.5. The van der Waals surface area contributed by atoms with Gasteiger partial charge in [0.25, 0.3) is 0 Å². The van der Waals surface area contributed by atoms with E-state index < -0.39 is 235 Å². The smallest absolute Gasteiger partial charge is 0.187 e. The van der Waals surface area contributed by atoms with Crippen molar-refractivity contribution in [3.05, 3.63) is 0 Å². The van der Waals surface area contributed by atoms with E-state index in [2.05, 4.69) is 27.7 Å². The Hall–Kier alpha value is -1.61. The molecule has 33 nitrogen and oxygen atoms in total. The molecule has 8 aliphatic heterocycles. The molecule has 0 bridgehead atoms. The fourth-order valence-electron chi connectivity index (χ4n) is 18.7. The van der Waals surface area contributed by atoms with Crippen LogP contribution in [0.15, 0.2) is 0 Å². The number of aliphatic hydroxyl groups excluding tert-OH is 18. The highest BCUT2D eigenvalue weighted by Gasteiger charge is 2.72. The lowest BCUT2D eigenvalue weighted by molar-refractivity contribution is -0.414. The van der Waals surface area contributed by atoms with Crippen molar-refractivity contribution in [3.63, 3.8) is 0 Å². The van der Waals surface area contributed by atoms with Gasteiger partial charge in [-0.2, -0.15) is 0 Å². The quantitative estimate of drug-likeness (QED) is 0.0602. The van der Waals surface area contributed by atoms with Gasteiger partial charge in [0.2, 0.25) is 0 Å². The van der Waals surface area contributed by atoms with Gasteiger partial charge in [0.1, 0.15) is 146 Å². The van der Waals surface area contributed by atoms with Crippen LogP contribution in [-0.4, -0.2) is 340 Å². The van der Waals surface area contributed by atoms with Gasteiger partial charge in [-0.25, -0.2) is 0 Å². The molecular weight excluding hydrogens is 1280 g/mol. The van der Waals surface area contributed by atoms with Crippen LogP contribution in [0.1, 0.15) is 92.4 Å². The average Bonchev–Trinajstić information content (AvgIpc) is 1.50. The summed E-state index contributed by atoms with van der Waals surface area (Å²) in [4.78, 5) is 14.9. The first kappa shape index (κ1) is 74.1. The lowest BCUT2D eigenvalue weighted by atomic mass is 9.44. The molecule has 18 N–H and O–H groups in total. The number of fused-ring (bicyclic) bond motifs is 7. The molecule has 0 aromatic carbocycles. The Bertz CT molecular complexity index is 2590. The van der Waals surface area contributed by atoms with Crippen LogP contribution in [0, 0.1) is 52.3 Å². The lowest BCUT2D eigenvalue weighted by Crippen LogP contribution is -2.69. The molecule has 42 atom stereocenters. The van der Waals surface area contributed by atoms with Gasteiger partial charge < -0.3 is 158 Å². The van der Waals surface area contributed by atoms with Crippen molar-refractivity contribution in [2.75, 3.05) is 39.6 Å². The van der Waals surface area contributed by atoms with Crippen molar-refractivity contribution >= 4 is 5.78 Å². The highest BCUT2D eigenvalue weighted by atomic mass is 16.8. The molecule has 8 saturated heterocycles. The topological polar surface area (TPSA) is 510 Å². The summed E-state index contributed by atoms with van der Waals surface area (Å²) in [6.45, 7) is 5.87. The van der Waals surface area contributed by atoms with E-state index in [1.165, 1.54) is 6.92 Å². The zero-order valence-electron chi connectivity index (χ0n) is 54.3. The van der Waals surface area contributed by atoms with E-state index in [1.54, 1.807) is 0 Å². The maximum Gasteiger partial charge on any atom is 0.187 e. The molecule has 0 amide bonds. The van der Waals surface area contributed by atoms with E-state index in [0.717, 1.165) is 32.1 Å². The highest BCUT2D eigenvalue weighted by Crippen LogP contribution is 2.70. The Morgan fingerprint density at radius 1 is 0.438 bits per heavy atom. The standard InChI is InChI=1S/C63H102O33/c1-21-8-11-63(83-20-21)22(2)36-29(96-63)13-28-26-7-6-24-12-25(9-10-61(24,4)27(26)14-35(69)62(28,36)5)85-56-47(80)43(76)51(34(19-68)89-56)92-60-54(95-59-49(82)52(39(72)31(16-65)87-59)93-57-46(79)42(75)38(71)30(15-64)86-57)53(40(73)32(17-66)88-60)94-58-48(81)44(77)50(33(18-67)90-58)91-55-45(78)41(74)37(70)23(3)84-55/h21-34,36-60,64-68,70-82H,6-20H2,1-5H3/t21-,22-,23+,24+,25+,26-,27+,28+,29+,30-,31-,32-,33-,34-,36+,37+,38-,39-,40-,41-,42+,43-,44-,45-,46-,47-,48-,49-,50-,51+,52+,53+,54-,55+,56-,57+,58+,59+,60+,61+,62-,63-/m1/s1. The molecule has 0 aromatic heterocycles. The first-order valence-electron chi connectivity index (χ1n) is 34.2. The summed E-state index contributed by atoms with van der Waals surface area (Å²) in [6.07, 6.45) is -51.5. The number of hydrogen-bond donors (Lipinski definition) is 18. The minimum absolute atomic E-state index is 0.0599. The average molecular weight is 1390 g/mol. The Labute approximate surface area is 553 Å². The van der Waals surface area contributed by atoms with Gasteiger partial charge in [0.05, 0.1) is 58.0 Å². The number of carbonyl (C=O) groups excluding carboxylic acids is 1. The van der Waals surface area contributed by atoms with Crippen molar-refractivity contribution in [1.82, 2.24) is 0 Å². The lowest BCUT2D eigenvalue weighted by Gasteiger charge is -2.60. The molecule has 0 unspecified atom stereocenters. The number of aliphatic hydroxyl groups is 18. The van der Waals surface area contributed by atoms with Gasteiger partial charge in [-0.1, -0.05) is 27.7 Å².